The Balaban J connectivity index is 1.08. The maximum atomic E-state index is 6.30. The second-order valence-corrected chi connectivity index (χ2v) is 16.4. The van der Waals surface area contributed by atoms with Gasteiger partial charge in [-0.1, -0.05) is 206 Å². The molecule has 1 aliphatic carbocycles. The first kappa shape index (κ1) is 36.6. The van der Waals surface area contributed by atoms with Crippen LogP contribution in [0.4, 0.5) is 17.1 Å². The van der Waals surface area contributed by atoms with Crippen molar-refractivity contribution in [3.05, 3.63) is 271 Å². The summed E-state index contributed by atoms with van der Waals surface area (Å²) >= 11 is 0. The fraction of sp³-hybridized carbons (Fsp3) is 0.0164. The summed E-state index contributed by atoms with van der Waals surface area (Å²) in [6.07, 6.45) is 0. The maximum absolute atomic E-state index is 6.30. The minimum Gasteiger partial charge on any atom is -0.456 e. The summed E-state index contributed by atoms with van der Waals surface area (Å²) in [5.74, 6) is 0. The number of nitrogens with zero attached hydrogens (tertiary/aromatic N) is 1. The average Bonchev–Trinajstić information content (AvgIpc) is 3.89. The highest BCUT2D eigenvalue weighted by molar-refractivity contribution is 6.07. The van der Waals surface area contributed by atoms with E-state index >= 15 is 0 Å². The molecule has 0 unspecified atom stereocenters. The van der Waals surface area contributed by atoms with E-state index in [1.165, 1.54) is 55.6 Å². The van der Waals surface area contributed by atoms with Gasteiger partial charge in [0.1, 0.15) is 11.2 Å². The Kier molecular flexibility index (Phi) is 8.76. The molecule has 2 heteroatoms. The highest BCUT2D eigenvalue weighted by Crippen LogP contribution is 2.60. The average molecular weight is 804 g/mol. The molecule has 0 atom stereocenters. The lowest BCUT2D eigenvalue weighted by Crippen LogP contribution is -2.28. The molecule has 0 amide bonds. The Hall–Kier alpha value is -8.20. The van der Waals surface area contributed by atoms with Gasteiger partial charge in [0.15, 0.2) is 0 Å². The predicted octanol–water partition coefficient (Wildman–Crippen LogP) is 16.4. The second-order valence-electron chi connectivity index (χ2n) is 16.4. The number of fused-ring (bicyclic) bond motifs is 6. The highest BCUT2D eigenvalue weighted by atomic mass is 16.3. The number of hydrogen-bond acceptors (Lipinski definition) is 2. The number of furan rings is 1. The van der Waals surface area contributed by atoms with Crippen molar-refractivity contribution in [3.63, 3.8) is 0 Å². The van der Waals surface area contributed by atoms with Gasteiger partial charge >= 0.3 is 0 Å². The molecule has 12 rings (SSSR count). The van der Waals surface area contributed by atoms with Crippen molar-refractivity contribution >= 4 is 39.0 Å². The topological polar surface area (TPSA) is 16.4 Å². The molecule has 0 saturated carbocycles. The van der Waals surface area contributed by atoms with Crippen LogP contribution in [0.2, 0.25) is 0 Å². The smallest absolute Gasteiger partial charge is 0.135 e. The SMILES string of the molecule is c1ccc(-c2ccc(-c3ccc(N(c4ccccc4-c4ccc5oc6ccccc6c5c4)c4cccc5c4-c4ccccc4C5(c4ccccc4)c4ccccc4)cc3)cc2)cc1. The zero-order valence-corrected chi connectivity index (χ0v) is 34.5. The van der Waals surface area contributed by atoms with E-state index in [9.17, 15) is 0 Å². The van der Waals surface area contributed by atoms with Gasteiger partial charge in [0, 0.05) is 27.6 Å². The third-order valence-electron chi connectivity index (χ3n) is 13.0. The van der Waals surface area contributed by atoms with Crippen molar-refractivity contribution < 1.29 is 4.42 Å². The third kappa shape index (κ3) is 5.95. The number of rotatable bonds is 8. The lowest BCUT2D eigenvalue weighted by atomic mass is 9.68. The summed E-state index contributed by atoms with van der Waals surface area (Å²) in [7, 11) is 0. The van der Waals surface area contributed by atoms with Gasteiger partial charge in [-0.2, -0.15) is 0 Å². The quantitative estimate of drug-likeness (QED) is 0.152. The molecule has 1 aromatic heterocycles. The lowest BCUT2D eigenvalue weighted by Gasteiger charge is -2.34. The van der Waals surface area contributed by atoms with E-state index in [0.29, 0.717) is 0 Å². The lowest BCUT2D eigenvalue weighted by molar-refractivity contribution is 0.669. The van der Waals surface area contributed by atoms with Crippen LogP contribution in [0.3, 0.4) is 0 Å². The molecule has 0 aliphatic heterocycles. The van der Waals surface area contributed by atoms with Crippen LogP contribution >= 0.6 is 0 Å². The molecule has 0 radical (unpaired) electrons. The Bertz CT molecular complexity index is 3380. The largest absolute Gasteiger partial charge is 0.456 e. The van der Waals surface area contributed by atoms with E-state index in [-0.39, 0.29) is 0 Å². The van der Waals surface area contributed by atoms with Crippen molar-refractivity contribution in [3.8, 4) is 44.5 Å². The van der Waals surface area contributed by atoms with Crippen LogP contribution in [0.1, 0.15) is 22.3 Å². The summed E-state index contributed by atoms with van der Waals surface area (Å²) < 4.78 is 6.30. The number of anilines is 3. The first-order chi connectivity index (χ1) is 31.3. The minimum absolute atomic E-state index is 0.529. The number of benzene rings is 10. The molecule has 2 nitrogen and oxygen atoms in total. The van der Waals surface area contributed by atoms with Gasteiger partial charge in [0.05, 0.1) is 16.8 Å². The minimum atomic E-state index is -0.529. The number of para-hydroxylation sites is 2. The zero-order valence-electron chi connectivity index (χ0n) is 34.5. The van der Waals surface area contributed by atoms with Crippen molar-refractivity contribution in [2.75, 3.05) is 4.90 Å². The zero-order chi connectivity index (χ0) is 41.7. The van der Waals surface area contributed by atoms with E-state index < -0.39 is 5.41 Å². The summed E-state index contributed by atoms with van der Waals surface area (Å²) in [5, 5.41) is 2.23. The Labute approximate surface area is 367 Å². The molecule has 1 heterocycles. The molecule has 1 aliphatic rings. The van der Waals surface area contributed by atoms with E-state index in [1.807, 2.05) is 12.1 Å². The van der Waals surface area contributed by atoms with Crippen LogP contribution in [0, 0.1) is 0 Å². The van der Waals surface area contributed by atoms with Crippen molar-refractivity contribution in [1.82, 2.24) is 0 Å². The molecular weight excluding hydrogens is 763 g/mol. The van der Waals surface area contributed by atoms with E-state index in [4.69, 9.17) is 4.42 Å². The molecule has 0 fully saturated rings. The van der Waals surface area contributed by atoms with Crippen LogP contribution < -0.4 is 4.90 Å². The molecule has 296 valence electrons. The molecular formula is C61H41NO. The van der Waals surface area contributed by atoms with E-state index in [2.05, 4.69) is 241 Å². The molecule has 0 bridgehead atoms. The fourth-order valence-corrected chi connectivity index (χ4v) is 10.2. The van der Waals surface area contributed by atoms with Gasteiger partial charge < -0.3 is 9.32 Å². The first-order valence-electron chi connectivity index (χ1n) is 21.7. The summed E-state index contributed by atoms with van der Waals surface area (Å²) in [6.45, 7) is 0. The van der Waals surface area contributed by atoms with Gasteiger partial charge in [0.2, 0.25) is 0 Å². The molecule has 0 N–H and O–H groups in total. The van der Waals surface area contributed by atoms with Gasteiger partial charge in [-0.15, -0.1) is 0 Å². The second kappa shape index (κ2) is 15.1. The Morgan fingerprint density at radius 3 is 1.51 bits per heavy atom. The van der Waals surface area contributed by atoms with E-state index in [1.54, 1.807) is 0 Å². The molecule has 63 heavy (non-hydrogen) atoms. The van der Waals surface area contributed by atoms with Gasteiger partial charge in [-0.3, -0.25) is 0 Å². The normalized spacial score (nSPS) is 12.6. The fourth-order valence-electron chi connectivity index (χ4n) is 10.2. The molecule has 0 saturated heterocycles. The van der Waals surface area contributed by atoms with Crippen LogP contribution in [0.25, 0.3) is 66.4 Å². The van der Waals surface area contributed by atoms with Crippen LogP contribution in [0.5, 0.6) is 0 Å². The van der Waals surface area contributed by atoms with Crippen molar-refractivity contribution in [1.29, 1.82) is 0 Å². The maximum Gasteiger partial charge on any atom is 0.135 e. The van der Waals surface area contributed by atoms with Gasteiger partial charge in [0.25, 0.3) is 0 Å². The van der Waals surface area contributed by atoms with E-state index in [0.717, 1.165) is 50.1 Å². The van der Waals surface area contributed by atoms with Crippen LogP contribution in [0.15, 0.2) is 253 Å². The predicted molar refractivity (Wildman–Crippen MR) is 262 cm³/mol. The van der Waals surface area contributed by atoms with Crippen LogP contribution in [-0.4, -0.2) is 0 Å². The monoisotopic (exact) mass is 803 g/mol. The summed E-state index contributed by atoms with van der Waals surface area (Å²) in [6, 6.07) is 90.3. The summed E-state index contributed by atoms with van der Waals surface area (Å²) in [5.41, 5.74) is 19.1. The Morgan fingerprint density at radius 2 is 0.810 bits per heavy atom. The summed E-state index contributed by atoms with van der Waals surface area (Å²) in [4.78, 5) is 2.48. The first-order valence-corrected chi connectivity index (χ1v) is 21.7. The number of hydrogen-bond donors (Lipinski definition) is 0. The third-order valence-corrected chi connectivity index (χ3v) is 13.0. The van der Waals surface area contributed by atoms with Gasteiger partial charge in [-0.05, 0) is 98.1 Å². The standard InChI is InChI=1S/C61H41NO/c1-4-17-42(18-5-1)43-31-33-44(34-32-43)45-35-38-49(39-36-45)62(56-28-14-11-23-50(56)46-37-40-59-53(41-46)51-24-12-15-30-58(51)63-59)57-29-16-27-55-60(57)52-25-10-13-26-54(52)61(55,47-19-6-2-7-20-47)48-21-8-3-9-22-48/h1-41H. The highest BCUT2D eigenvalue weighted by Gasteiger charge is 2.47. The molecule has 11 aromatic rings. The Morgan fingerprint density at radius 1 is 0.317 bits per heavy atom. The van der Waals surface area contributed by atoms with Gasteiger partial charge in [-0.25, -0.2) is 0 Å². The molecule has 10 aromatic carbocycles. The molecule has 0 spiro atoms. The van der Waals surface area contributed by atoms with Crippen LogP contribution in [-0.2, 0) is 5.41 Å². The van der Waals surface area contributed by atoms with Crippen molar-refractivity contribution in [2.45, 2.75) is 5.41 Å². The van der Waals surface area contributed by atoms with Crippen molar-refractivity contribution in [2.24, 2.45) is 0 Å².